The van der Waals surface area contributed by atoms with E-state index in [0.717, 1.165) is 5.56 Å². The zero-order valence-electron chi connectivity index (χ0n) is 19.6. The highest BCUT2D eigenvalue weighted by Crippen LogP contribution is 2.32. The minimum absolute atomic E-state index is 0.114. The molecule has 0 aliphatic heterocycles. The Morgan fingerprint density at radius 3 is 2.33 bits per heavy atom. The van der Waals surface area contributed by atoms with Gasteiger partial charge in [-0.15, -0.1) is 0 Å². The first-order valence-corrected chi connectivity index (χ1v) is 10.7. The number of hydrogen-bond acceptors (Lipinski definition) is 5. The predicted octanol–water partition coefficient (Wildman–Crippen LogP) is 4.19. The Balaban J connectivity index is 2.32. The van der Waals surface area contributed by atoms with Gasteiger partial charge >= 0.3 is 12.0 Å². The molecule has 2 aromatic carbocycles. The monoisotopic (exact) mass is 456 g/mol. The number of amides is 3. The molecule has 0 aliphatic rings. The molecule has 0 spiro atoms. The van der Waals surface area contributed by atoms with Crippen LogP contribution in [0.15, 0.2) is 42.5 Å². The van der Waals surface area contributed by atoms with E-state index in [1.165, 1.54) is 14.0 Å². The van der Waals surface area contributed by atoms with Crippen molar-refractivity contribution >= 4 is 35.0 Å². The molecule has 0 aliphatic carbocycles. The molecule has 0 heterocycles. The fourth-order valence-electron chi connectivity index (χ4n) is 3.63. The third-order valence-corrected chi connectivity index (χ3v) is 5.16. The predicted molar refractivity (Wildman–Crippen MR) is 129 cm³/mol. The number of carboxylic acids is 1. The summed E-state index contributed by atoms with van der Waals surface area (Å²) in [5.41, 5.74) is 2.73. The third-order valence-electron chi connectivity index (χ3n) is 5.16. The van der Waals surface area contributed by atoms with Crippen LogP contribution < -0.4 is 25.6 Å². The number of ether oxygens (including phenoxy) is 1. The molecule has 9 heteroatoms. The number of nitrogens with one attached hydrogen (secondary N) is 3. The molecule has 0 saturated carbocycles. The Morgan fingerprint density at radius 1 is 1.09 bits per heavy atom. The quantitative estimate of drug-likeness (QED) is 0.398. The van der Waals surface area contributed by atoms with Gasteiger partial charge in [-0.05, 0) is 44.0 Å². The lowest BCUT2D eigenvalue weighted by Crippen LogP contribution is -2.51. The molecule has 9 nitrogen and oxygen atoms in total. The highest BCUT2D eigenvalue weighted by Gasteiger charge is 2.26. The highest BCUT2D eigenvalue weighted by molar-refractivity contribution is 6.01. The largest absolute Gasteiger partial charge is 0.494 e. The summed E-state index contributed by atoms with van der Waals surface area (Å²) < 4.78 is 5.49. The van der Waals surface area contributed by atoms with E-state index in [0.29, 0.717) is 29.2 Å². The van der Waals surface area contributed by atoms with E-state index >= 15 is 0 Å². The summed E-state index contributed by atoms with van der Waals surface area (Å²) in [4.78, 5) is 37.5. The van der Waals surface area contributed by atoms with E-state index in [2.05, 4.69) is 16.0 Å². The van der Waals surface area contributed by atoms with Crippen molar-refractivity contribution < 1.29 is 24.2 Å². The van der Waals surface area contributed by atoms with Gasteiger partial charge in [0.2, 0.25) is 5.91 Å². The Bertz CT molecular complexity index is 995. The Hall–Kier alpha value is -3.75. The lowest BCUT2D eigenvalue weighted by Gasteiger charge is -2.38. The second-order valence-corrected chi connectivity index (χ2v) is 7.76. The number of carboxylic acid groups (broad SMARTS) is 1. The number of methoxy groups -OCH3 is 1. The molecule has 3 amide bonds. The topological polar surface area (TPSA) is 120 Å². The lowest BCUT2D eigenvalue weighted by atomic mass is 10.1. The fourth-order valence-corrected chi connectivity index (χ4v) is 3.63. The molecule has 2 rings (SSSR count). The van der Waals surface area contributed by atoms with Crippen LogP contribution >= 0.6 is 0 Å². The summed E-state index contributed by atoms with van der Waals surface area (Å²) in [7, 11) is 1.49. The number of carbonyl (C=O) groups excluding carboxylic acids is 2. The summed E-state index contributed by atoms with van der Waals surface area (Å²) in [6, 6.07) is 11.8. The lowest BCUT2D eigenvalue weighted by molar-refractivity contribution is -0.137. The zero-order chi connectivity index (χ0) is 24.5. The van der Waals surface area contributed by atoms with Gasteiger partial charge < -0.3 is 30.7 Å². The summed E-state index contributed by atoms with van der Waals surface area (Å²) in [5, 5.41) is 17.8. The fraction of sp³-hybridized carbons (Fsp3) is 0.375. The summed E-state index contributed by atoms with van der Waals surface area (Å²) in [6.07, 6.45) is 0.0341. The molecule has 2 aromatic rings. The minimum Gasteiger partial charge on any atom is -0.494 e. The van der Waals surface area contributed by atoms with Crippen LogP contribution in [0.5, 0.6) is 5.75 Å². The molecule has 0 radical (unpaired) electrons. The maximum Gasteiger partial charge on any atom is 0.323 e. The van der Waals surface area contributed by atoms with Crippen LogP contribution in [0.3, 0.4) is 0 Å². The number of para-hydroxylation sites is 1. The van der Waals surface area contributed by atoms with Gasteiger partial charge in [-0.25, -0.2) is 4.79 Å². The van der Waals surface area contributed by atoms with Crippen molar-refractivity contribution in [3.05, 3.63) is 48.0 Å². The maximum absolute atomic E-state index is 12.5. The van der Waals surface area contributed by atoms with Gasteiger partial charge in [0.1, 0.15) is 11.9 Å². The van der Waals surface area contributed by atoms with Gasteiger partial charge in [0.25, 0.3) is 0 Å². The number of nitrogens with zero attached hydrogens (tertiary/aromatic N) is 1. The minimum atomic E-state index is -0.941. The van der Waals surface area contributed by atoms with Crippen molar-refractivity contribution in [2.24, 2.45) is 0 Å². The molecular weight excluding hydrogens is 424 g/mol. The number of rotatable bonds is 10. The first-order chi connectivity index (χ1) is 15.7. The Kier molecular flexibility index (Phi) is 9.08. The number of benzene rings is 2. The third kappa shape index (κ3) is 7.13. The van der Waals surface area contributed by atoms with Gasteiger partial charge in [-0.3, -0.25) is 9.59 Å². The van der Waals surface area contributed by atoms with Crippen LogP contribution in [-0.2, 0) is 9.59 Å². The van der Waals surface area contributed by atoms with Crippen molar-refractivity contribution in [3.63, 3.8) is 0 Å². The van der Waals surface area contributed by atoms with Gasteiger partial charge in [0.15, 0.2) is 0 Å². The average molecular weight is 457 g/mol. The van der Waals surface area contributed by atoms with Crippen LogP contribution in [-0.4, -0.2) is 42.3 Å². The number of hydrogen-bond donors (Lipinski definition) is 4. The number of aryl methyl sites for hydroxylation is 1. The van der Waals surface area contributed by atoms with Crippen LogP contribution in [0, 0.1) is 6.92 Å². The van der Waals surface area contributed by atoms with E-state index in [1.807, 2.05) is 43.0 Å². The van der Waals surface area contributed by atoms with Crippen LogP contribution in [0.4, 0.5) is 21.9 Å². The van der Waals surface area contributed by atoms with Crippen LogP contribution in [0.25, 0.3) is 0 Å². The number of urea groups is 1. The molecular formula is C24H32N4O5. The molecule has 178 valence electrons. The van der Waals surface area contributed by atoms with E-state index in [-0.39, 0.29) is 12.3 Å². The smallest absolute Gasteiger partial charge is 0.323 e. The van der Waals surface area contributed by atoms with E-state index < -0.39 is 24.2 Å². The first-order valence-electron chi connectivity index (χ1n) is 10.7. The van der Waals surface area contributed by atoms with Crippen molar-refractivity contribution in [1.82, 2.24) is 5.32 Å². The number of aliphatic carboxylic acids is 1. The SMILES string of the molecule is CCC(NC(C)=O)N(c1ccc(NC(=O)Nc2ccccc2C)c(OC)c1)C(C)CC(=O)O. The number of carbonyl (C=O) groups is 3. The van der Waals surface area contributed by atoms with Crippen molar-refractivity contribution in [3.8, 4) is 5.75 Å². The standard InChI is InChI=1S/C24H32N4O5/c1-6-22(25-17(4)29)28(16(3)13-23(30)31)18-11-12-20(21(14-18)33-5)27-24(32)26-19-10-8-7-9-15(19)2/h7-12,14,16,22H,6,13H2,1-5H3,(H,25,29)(H,30,31)(H2,26,27,32). The second-order valence-electron chi connectivity index (χ2n) is 7.76. The Morgan fingerprint density at radius 2 is 1.76 bits per heavy atom. The van der Waals surface area contributed by atoms with Crippen LogP contribution in [0.2, 0.25) is 0 Å². The Labute approximate surface area is 194 Å². The van der Waals surface area contributed by atoms with E-state index in [1.54, 1.807) is 25.1 Å². The molecule has 0 bridgehead atoms. The van der Waals surface area contributed by atoms with Crippen LogP contribution in [0.1, 0.15) is 39.2 Å². The number of anilines is 3. The zero-order valence-corrected chi connectivity index (χ0v) is 19.6. The molecule has 0 saturated heterocycles. The first kappa shape index (κ1) is 25.5. The van der Waals surface area contributed by atoms with Crippen molar-refractivity contribution in [1.29, 1.82) is 0 Å². The van der Waals surface area contributed by atoms with E-state index in [9.17, 15) is 19.5 Å². The average Bonchev–Trinajstić information content (AvgIpc) is 2.74. The molecule has 2 atom stereocenters. The molecule has 0 aromatic heterocycles. The molecule has 33 heavy (non-hydrogen) atoms. The van der Waals surface area contributed by atoms with Gasteiger partial charge in [0, 0.05) is 30.4 Å². The maximum atomic E-state index is 12.5. The summed E-state index contributed by atoms with van der Waals surface area (Å²) >= 11 is 0. The molecule has 4 N–H and O–H groups in total. The summed E-state index contributed by atoms with van der Waals surface area (Å²) in [5.74, 6) is -0.756. The highest BCUT2D eigenvalue weighted by atomic mass is 16.5. The molecule has 0 fully saturated rings. The van der Waals surface area contributed by atoms with Crippen molar-refractivity contribution in [2.75, 3.05) is 22.6 Å². The normalized spacial score (nSPS) is 12.3. The van der Waals surface area contributed by atoms with Gasteiger partial charge in [-0.1, -0.05) is 25.1 Å². The summed E-state index contributed by atoms with van der Waals surface area (Å²) in [6.45, 7) is 7.01. The van der Waals surface area contributed by atoms with Crippen molar-refractivity contribution in [2.45, 2.75) is 52.7 Å². The molecule has 2 unspecified atom stereocenters. The van der Waals surface area contributed by atoms with Gasteiger partial charge in [-0.2, -0.15) is 0 Å². The van der Waals surface area contributed by atoms with E-state index in [4.69, 9.17) is 4.74 Å². The second kappa shape index (κ2) is 11.8. The van der Waals surface area contributed by atoms with Gasteiger partial charge in [0.05, 0.1) is 19.2 Å².